The van der Waals surface area contributed by atoms with Gasteiger partial charge in [-0.05, 0) is 25.0 Å². The molecule has 16 heteroatoms. The SMILES string of the molecule is O=C(Nc1cnn(-c2nc(NC3CCCC3)c3ncn([C@@H]4O[C@H](CO)[C@@H](O)[C@H]4O)c3n2)c1)S(=O)(=O)c1ccccc1. The maximum atomic E-state index is 12.6. The van der Waals surface area contributed by atoms with Crippen molar-refractivity contribution in [1.82, 2.24) is 29.3 Å². The van der Waals surface area contributed by atoms with Gasteiger partial charge < -0.3 is 30.7 Å². The van der Waals surface area contributed by atoms with Crippen molar-refractivity contribution < 1.29 is 33.3 Å². The van der Waals surface area contributed by atoms with Gasteiger partial charge in [-0.1, -0.05) is 31.0 Å². The van der Waals surface area contributed by atoms with Crippen LogP contribution >= 0.6 is 0 Å². The Morgan fingerprint density at radius 2 is 1.85 bits per heavy atom. The second kappa shape index (κ2) is 10.8. The van der Waals surface area contributed by atoms with E-state index in [4.69, 9.17) is 4.74 Å². The Morgan fingerprint density at radius 3 is 2.56 bits per heavy atom. The zero-order valence-electron chi connectivity index (χ0n) is 21.6. The molecule has 0 unspecified atom stereocenters. The van der Waals surface area contributed by atoms with E-state index in [2.05, 4.69) is 30.7 Å². The highest BCUT2D eigenvalue weighted by Gasteiger charge is 2.44. The maximum Gasteiger partial charge on any atom is 0.345 e. The highest BCUT2D eigenvalue weighted by molar-refractivity contribution is 8.06. The van der Waals surface area contributed by atoms with Crippen molar-refractivity contribution >= 4 is 37.7 Å². The molecule has 41 heavy (non-hydrogen) atoms. The lowest BCUT2D eigenvalue weighted by molar-refractivity contribution is -0.0511. The average Bonchev–Trinajstić information content (AvgIpc) is 3.78. The predicted octanol–water partition coefficient (Wildman–Crippen LogP) is 0.984. The molecule has 4 aromatic rings. The Bertz CT molecular complexity index is 1670. The number of nitrogens with zero attached hydrogens (tertiary/aromatic N) is 6. The lowest BCUT2D eigenvalue weighted by Gasteiger charge is -2.18. The van der Waals surface area contributed by atoms with Gasteiger partial charge >= 0.3 is 5.24 Å². The number of carbonyl (C=O) groups excluding carboxylic acids is 1. The topological polar surface area (TPSA) is 207 Å². The van der Waals surface area contributed by atoms with Gasteiger partial charge in [-0.2, -0.15) is 15.1 Å². The Morgan fingerprint density at radius 1 is 1.10 bits per heavy atom. The van der Waals surface area contributed by atoms with Crippen LogP contribution in [0.1, 0.15) is 31.9 Å². The number of carbonyl (C=O) groups is 1. The van der Waals surface area contributed by atoms with Crippen molar-refractivity contribution in [1.29, 1.82) is 0 Å². The molecule has 3 aromatic heterocycles. The third-order valence-corrected chi connectivity index (χ3v) is 8.71. The van der Waals surface area contributed by atoms with Gasteiger partial charge in [-0.25, -0.2) is 18.1 Å². The summed E-state index contributed by atoms with van der Waals surface area (Å²) in [6.45, 7) is -0.488. The molecule has 1 aliphatic heterocycles. The van der Waals surface area contributed by atoms with E-state index >= 15 is 0 Å². The van der Waals surface area contributed by atoms with Gasteiger partial charge in [0.1, 0.15) is 18.3 Å². The lowest BCUT2D eigenvalue weighted by atomic mass is 10.1. The number of sulfone groups is 1. The van der Waals surface area contributed by atoms with E-state index < -0.39 is 46.2 Å². The molecule has 1 aliphatic carbocycles. The summed E-state index contributed by atoms with van der Waals surface area (Å²) in [4.78, 5) is 26.1. The molecule has 216 valence electrons. The number of hydrogen-bond donors (Lipinski definition) is 5. The molecule has 1 saturated carbocycles. The molecule has 1 aromatic carbocycles. The summed E-state index contributed by atoms with van der Waals surface area (Å²) in [7, 11) is -4.28. The number of amides is 1. The fourth-order valence-electron chi connectivity index (χ4n) is 5.06. The normalized spacial score (nSPS) is 23.3. The monoisotopic (exact) mass is 584 g/mol. The van der Waals surface area contributed by atoms with Crippen LogP contribution in [0.15, 0.2) is 53.9 Å². The molecule has 6 rings (SSSR count). The minimum atomic E-state index is -4.28. The van der Waals surface area contributed by atoms with Crippen LogP contribution in [0.2, 0.25) is 0 Å². The van der Waals surface area contributed by atoms with Gasteiger partial charge in [0.05, 0.1) is 35.9 Å². The largest absolute Gasteiger partial charge is 0.394 e. The van der Waals surface area contributed by atoms with Gasteiger partial charge in [0, 0.05) is 6.04 Å². The second-order valence-corrected chi connectivity index (χ2v) is 11.8. The number of ether oxygens (including phenoxy) is 1. The number of aliphatic hydroxyl groups is 3. The van der Waals surface area contributed by atoms with E-state index in [1.54, 1.807) is 6.07 Å². The van der Waals surface area contributed by atoms with Crippen molar-refractivity contribution in [3.8, 4) is 5.95 Å². The number of anilines is 2. The molecular formula is C25H28N8O7S. The first-order chi connectivity index (χ1) is 19.8. The van der Waals surface area contributed by atoms with E-state index in [0.717, 1.165) is 25.7 Å². The molecule has 1 saturated heterocycles. The summed E-state index contributed by atoms with van der Waals surface area (Å²) < 4.78 is 33.7. The van der Waals surface area contributed by atoms with E-state index in [1.165, 1.54) is 52.2 Å². The lowest BCUT2D eigenvalue weighted by Crippen LogP contribution is -2.33. The third-order valence-electron chi connectivity index (χ3n) is 7.23. The van der Waals surface area contributed by atoms with E-state index in [1.807, 2.05) is 0 Å². The molecule has 4 atom stereocenters. The molecule has 0 bridgehead atoms. The first-order valence-corrected chi connectivity index (χ1v) is 14.5. The van der Waals surface area contributed by atoms with Crippen LogP contribution in [-0.2, 0) is 14.6 Å². The minimum Gasteiger partial charge on any atom is -0.394 e. The van der Waals surface area contributed by atoms with E-state index in [0.29, 0.717) is 11.3 Å². The van der Waals surface area contributed by atoms with Gasteiger partial charge in [0.25, 0.3) is 15.8 Å². The molecule has 2 aliphatic rings. The quantitative estimate of drug-likeness (QED) is 0.206. The van der Waals surface area contributed by atoms with Crippen LogP contribution in [-0.4, -0.2) is 89.2 Å². The standard InChI is InChI=1S/C25H28N8O7S/c34-12-17-19(35)20(36)23(40-17)32-13-26-18-21(28-14-6-4-5-7-14)30-24(31-22(18)32)33-11-15(10-27-33)29-25(37)41(38,39)16-8-2-1-3-9-16/h1-3,8-11,13-14,17,19-20,23,34-36H,4-7,12H2,(H,29,37)(H,28,30,31)/t17-,19-,20-,23-/m1/s1. The Labute approximate surface area is 233 Å². The number of imidazole rings is 1. The van der Waals surface area contributed by atoms with Crippen LogP contribution in [0.5, 0.6) is 0 Å². The maximum absolute atomic E-state index is 12.6. The van der Waals surface area contributed by atoms with Crippen molar-refractivity contribution in [3.05, 3.63) is 49.1 Å². The van der Waals surface area contributed by atoms with Gasteiger partial charge in [-0.3, -0.25) is 9.36 Å². The van der Waals surface area contributed by atoms with E-state index in [-0.39, 0.29) is 28.2 Å². The second-order valence-electron chi connectivity index (χ2n) is 9.95. The van der Waals surface area contributed by atoms with Crippen LogP contribution in [0.3, 0.4) is 0 Å². The first kappa shape index (κ1) is 27.2. The fourth-order valence-corrected chi connectivity index (χ4v) is 6.04. The highest BCUT2D eigenvalue weighted by atomic mass is 32.2. The summed E-state index contributed by atoms with van der Waals surface area (Å²) in [6.07, 6.45) is 3.34. The predicted molar refractivity (Wildman–Crippen MR) is 144 cm³/mol. The third kappa shape index (κ3) is 5.04. The smallest absolute Gasteiger partial charge is 0.345 e. The van der Waals surface area contributed by atoms with Crippen LogP contribution in [0.4, 0.5) is 16.3 Å². The molecule has 4 heterocycles. The van der Waals surface area contributed by atoms with Gasteiger partial charge in [0.15, 0.2) is 23.2 Å². The number of benzene rings is 1. The molecule has 5 N–H and O–H groups in total. The number of nitrogens with one attached hydrogen (secondary N) is 2. The summed E-state index contributed by atoms with van der Waals surface area (Å²) in [5.41, 5.74) is 0.756. The average molecular weight is 585 g/mol. The summed E-state index contributed by atoms with van der Waals surface area (Å²) >= 11 is 0. The summed E-state index contributed by atoms with van der Waals surface area (Å²) in [6, 6.07) is 7.51. The molecule has 2 fully saturated rings. The number of hydrogen-bond acceptors (Lipinski definition) is 12. The zero-order chi connectivity index (χ0) is 28.7. The van der Waals surface area contributed by atoms with Crippen molar-refractivity contribution in [3.63, 3.8) is 0 Å². The summed E-state index contributed by atoms with van der Waals surface area (Å²) in [5, 5.41) is 39.2. The number of rotatable bonds is 7. The molecule has 0 radical (unpaired) electrons. The molecule has 1 amide bonds. The fraction of sp³-hybridized carbons (Fsp3) is 0.400. The van der Waals surface area contributed by atoms with E-state index in [9.17, 15) is 28.5 Å². The van der Waals surface area contributed by atoms with Gasteiger partial charge in [-0.15, -0.1) is 0 Å². The van der Waals surface area contributed by atoms with Crippen molar-refractivity contribution in [2.45, 2.75) is 61.2 Å². The number of fused-ring (bicyclic) bond motifs is 1. The van der Waals surface area contributed by atoms with Crippen LogP contribution < -0.4 is 10.6 Å². The van der Waals surface area contributed by atoms with Gasteiger partial charge in [0.2, 0.25) is 0 Å². The molecular weight excluding hydrogens is 556 g/mol. The zero-order valence-corrected chi connectivity index (χ0v) is 22.4. The number of aromatic nitrogens is 6. The molecule has 0 spiro atoms. The highest BCUT2D eigenvalue weighted by Crippen LogP contribution is 2.33. The summed E-state index contributed by atoms with van der Waals surface area (Å²) in [5.74, 6) is 0.480. The minimum absolute atomic E-state index is 0.0675. The first-order valence-electron chi connectivity index (χ1n) is 13.1. The van der Waals surface area contributed by atoms with Crippen LogP contribution in [0.25, 0.3) is 17.1 Å². The Hall–Kier alpha value is -3.96. The molecule has 15 nitrogen and oxygen atoms in total. The Balaban J connectivity index is 1.34. The number of aliphatic hydroxyl groups excluding tert-OH is 3. The Kier molecular flexibility index (Phi) is 7.16. The van der Waals surface area contributed by atoms with Crippen molar-refractivity contribution in [2.24, 2.45) is 0 Å². The van der Waals surface area contributed by atoms with Crippen molar-refractivity contribution in [2.75, 3.05) is 17.2 Å². The van der Waals surface area contributed by atoms with Crippen LogP contribution in [0, 0.1) is 0 Å².